The number of aryl methyl sites for hydroxylation is 1. The van der Waals surface area contributed by atoms with Crippen LogP contribution in [-0.4, -0.2) is 49.9 Å². The fraction of sp³-hybridized carbons (Fsp3) is 0.435. The normalized spacial score (nSPS) is 14.7. The van der Waals surface area contributed by atoms with Gasteiger partial charge in [0.1, 0.15) is 11.4 Å². The molecule has 0 aliphatic carbocycles. The Morgan fingerprint density at radius 3 is 2.34 bits per heavy atom. The maximum Gasteiger partial charge on any atom is 0.410 e. The van der Waals surface area contributed by atoms with Gasteiger partial charge in [0, 0.05) is 31.1 Å². The molecule has 0 bridgehead atoms. The fourth-order valence-corrected chi connectivity index (χ4v) is 4.30. The summed E-state index contributed by atoms with van der Waals surface area (Å²) in [5.41, 5.74) is 1.89. The molecular weight excluding hydrogens is 384 g/mol. The number of amides is 1. The van der Waals surface area contributed by atoms with Gasteiger partial charge in [0.25, 0.3) is 0 Å². The maximum absolute atomic E-state index is 12.3. The molecule has 1 aliphatic rings. The average Bonchev–Trinajstić information content (AvgIpc) is 2.68. The maximum atomic E-state index is 12.3. The monoisotopic (exact) mass is 414 g/mol. The zero-order valence-corrected chi connectivity index (χ0v) is 18.7. The van der Waals surface area contributed by atoms with Crippen LogP contribution in [0.5, 0.6) is 5.75 Å². The quantitative estimate of drug-likeness (QED) is 0.687. The van der Waals surface area contributed by atoms with Gasteiger partial charge in [-0.15, -0.1) is 0 Å². The second kappa shape index (κ2) is 8.99. The van der Waals surface area contributed by atoms with E-state index in [-0.39, 0.29) is 6.09 Å². The van der Waals surface area contributed by atoms with Gasteiger partial charge >= 0.3 is 6.09 Å². The molecule has 1 aliphatic heterocycles. The van der Waals surface area contributed by atoms with Crippen molar-refractivity contribution >= 4 is 23.5 Å². The summed E-state index contributed by atoms with van der Waals surface area (Å²) in [5, 5.41) is 0. The smallest absolute Gasteiger partial charge is 0.410 e. The molecule has 3 rings (SSSR count). The summed E-state index contributed by atoms with van der Waals surface area (Å²) in [7, 11) is 1.71. The van der Waals surface area contributed by atoms with Crippen LogP contribution in [0.25, 0.3) is 0 Å². The lowest BCUT2D eigenvalue weighted by molar-refractivity contribution is 0.0240. The van der Waals surface area contributed by atoms with Gasteiger partial charge in [-0.2, -0.15) is 0 Å². The van der Waals surface area contributed by atoms with Crippen molar-refractivity contribution < 1.29 is 14.3 Å². The topological polar surface area (TPSA) is 42.0 Å². The lowest BCUT2D eigenvalue weighted by Gasteiger charge is -2.37. The molecule has 0 saturated carbocycles. The molecule has 156 valence electrons. The first-order chi connectivity index (χ1) is 13.8. The lowest BCUT2D eigenvalue weighted by Crippen LogP contribution is -2.50. The standard InChI is InChI=1S/C23H30N2O3S/c1-17-10-11-21(19(16-17)27-5)29-20-9-7-6-8-18(20)24-12-14-25(15-13-24)22(26)28-23(2,3)4/h6-11,16H,12-15H2,1-5H3. The largest absolute Gasteiger partial charge is 0.496 e. The van der Waals surface area contributed by atoms with Crippen molar-refractivity contribution in [2.75, 3.05) is 38.2 Å². The number of anilines is 1. The van der Waals surface area contributed by atoms with Crippen molar-refractivity contribution in [2.24, 2.45) is 0 Å². The van der Waals surface area contributed by atoms with Crippen molar-refractivity contribution in [1.82, 2.24) is 4.90 Å². The van der Waals surface area contributed by atoms with Crippen LogP contribution in [0.1, 0.15) is 26.3 Å². The molecule has 0 aromatic heterocycles. The van der Waals surface area contributed by atoms with Crippen molar-refractivity contribution in [3.63, 3.8) is 0 Å². The van der Waals surface area contributed by atoms with E-state index in [0.29, 0.717) is 13.1 Å². The van der Waals surface area contributed by atoms with Gasteiger partial charge in [-0.25, -0.2) is 4.79 Å². The minimum Gasteiger partial charge on any atom is -0.496 e. The molecule has 1 saturated heterocycles. The first kappa shape index (κ1) is 21.4. The van der Waals surface area contributed by atoms with Gasteiger partial charge in [-0.05, 0) is 57.5 Å². The van der Waals surface area contributed by atoms with Crippen molar-refractivity contribution in [3.8, 4) is 5.75 Å². The Kier molecular flexibility index (Phi) is 6.63. The number of piperazine rings is 1. The van der Waals surface area contributed by atoms with E-state index in [1.165, 1.54) is 16.1 Å². The lowest BCUT2D eigenvalue weighted by atomic mass is 10.2. The second-order valence-corrected chi connectivity index (χ2v) is 9.26. The summed E-state index contributed by atoms with van der Waals surface area (Å²) in [6, 6.07) is 14.7. The number of benzene rings is 2. The molecule has 2 aromatic rings. The predicted molar refractivity (Wildman–Crippen MR) is 118 cm³/mol. The van der Waals surface area contributed by atoms with E-state index in [4.69, 9.17) is 9.47 Å². The summed E-state index contributed by atoms with van der Waals surface area (Å²) in [6.45, 7) is 10.6. The first-order valence-corrected chi connectivity index (χ1v) is 10.7. The Balaban J connectivity index is 1.71. The molecule has 29 heavy (non-hydrogen) atoms. The zero-order chi connectivity index (χ0) is 21.0. The van der Waals surface area contributed by atoms with Crippen LogP contribution in [0.4, 0.5) is 10.5 Å². The molecule has 1 fully saturated rings. The number of rotatable bonds is 4. The number of hydrogen-bond acceptors (Lipinski definition) is 5. The van der Waals surface area contributed by atoms with Crippen LogP contribution in [-0.2, 0) is 4.74 Å². The van der Waals surface area contributed by atoms with Crippen LogP contribution < -0.4 is 9.64 Å². The van der Waals surface area contributed by atoms with Crippen LogP contribution in [0.2, 0.25) is 0 Å². The molecule has 0 unspecified atom stereocenters. The van der Waals surface area contributed by atoms with Gasteiger partial charge in [0.2, 0.25) is 0 Å². The van der Waals surface area contributed by atoms with Crippen LogP contribution in [0.15, 0.2) is 52.3 Å². The summed E-state index contributed by atoms with van der Waals surface area (Å²) >= 11 is 1.71. The van der Waals surface area contributed by atoms with Gasteiger partial charge in [-0.1, -0.05) is 30.0 Å². The Labute approximate surface area is 178 Å². The molecule has 0 spiro atoms. The van der Waals surface area contributed by atoms with E-state index in [9.17, 15) is 4.79 Å². The third-order valence-corrected chi connectivity index (χ3v) is 5.80. The number of carbonyl (C=O) groups excluding carboxylic acids is 1. The van der Waals surface area contributed by atoms with Crippen molar-refractivity contribution in [1.29, 1.82) is 0 Å². The average molecular weight is 415 g/mol. The molecule has 0 radical (unpaired) electrons. The predicted octanol–water partition coefficient (Wildman–Crippen LogP) is 5.21. The number of nitrogens with zero attached hydrogens (tertiary/aromatic N) is 2. The summed E-state index contributed by atoms with van der Waals surface area (Å²) < 4.78 is 11.1. The fourth-order valence-electron chi connectivity index (χ4n) is 3.24. The number of carbonyl (C=O) groups is 1. The number of ether oxygens (including phenoxy) is 2. The molecule has 0 atom stereocenters. The van der Waals surface area contributed by atoms with Crippen LogP contribution in [0, 0.1) is 6.92 Å². The molecule has 0 N–H and O–H groups in total. The highest BCUT2D eigenvalue weighted by atomic mass is 32.2. The van der Waals surface area contributed by atoms with Gasteiger partial charge in [0.05, 0.1) is 17.7 Å². The van der Waals surface area contributed by atoms with Crippen molar-refractivity contribution in [2.45, 2.75) is 43.1 Å². The van der Waals surface area contributed by atoms with Gasteiger partial charge in [0.15, 0.2) is 0 Å². The SMILES string of the molecule is COc1cc(C)ccc1Sc1ccccc1N1CCN(C(=O)OC(C)(C)C)CC1. The van der Waals surface area contributed by atoms with Gasteiger partial charge < -0.3 is 19.3 Å². The number of para-hydroxylation sites is 1. The molecular formula is C23H30N2O3S. The Morgan fingerprint density at radius 2 is 1.69 bits per heavy atom. The highest BCUT2D eigenvalue weighted by molar-refractivity contribution is 7.99. The van der Waals surface area contributed by atoms with E-state index in [1.54, 1.807) is 23.8 Å². The third-order valence-electron chi connectivity index (χ3n) is 4.68. The van der Waals surface area contributed by atoms with Crippen LogP contribution in [0.3, 0.4) is 0 Å². The highest BCUT2D eigenvalue weighted by Gasteiger charge is 2.26. The second-order valence-electron chi connectivity index (χ2n) is 8.18. The summed E-state index contributed by atoms with van der Waals surface area (Å²) in [6.07, 6.45) is -0.232. The summed E-state index contributed by atoms with van der Waals surface area (Å²) in [4.78, 5) is 18.7. The zero-order valence-electron chi connectivity index (χ0n) is 17.9. The minimum absolute atomic E-state index is 0.232. The van der Waals surface area contributed by atoms with E-state index in [0.717, 1.165) is 23.7 Å². The number of hydrogen-bond donors (Lipinski definition) is 0. The Hall–Kier alpha value is -2.34. The van der Waals surface area contributed by atoms with Crippen LogP contribution >= 0.6 is 11.8 Å². The Morgan fingerprint density at radius 1 is 1.00 bits per heavy atom. The minimum atomic E-state index is -0.468. The number of methoxy groups -OCH3 is 1. The molecule has 2 aromatic carbocycles. The Bertz CT molecular complexity index is 855. The third kappa shape index (κ3) is 5.60. The molecule has 1 heterocycles. The van der Waals surface area contributed by atoms with E-state index in [1.807, 2.05) is 20.8 Å². The van der Waals surface area contributed by atoms with E-state index < -0.39 is 5.60 Å². The van der Waals surface area contributed by atoms with Crippen molar-refractivity contribution in [3.05, 3.63) is 48.0 Å². The van der Waals surface area contributed by atoms with E-state index in [2.05, 4.69) is 54.3 Å². The first-order valence-electron chi connectivity index (χ1n) is 9.91. The molecule has 1 amide bonds. The molecule has 5 nitrogen and oxygen atoms in total. The summed E-state index contributed by atoms with van der Waals surface area (Å²) in [5.74, 6) is 0.888. The molecule has 6 heteroatoms. The van der Waals surface area contributed by atoms with Gasteiger partial charge in [-0.3, -0.25) is 0 Å². The highest BCUT2D eigenvalue weighted by Crippen LogP contribution is 2.40. The van der Waals surface area contributed by atoms with E-state index >= 15 is 0 Å².